The summed E-state index contributed by atoms with van der Waals surface area (Å²) in [5.74, 6) is -0.107. The molecule has 0 unspecified atom stereocenters. The van der Waals surface area contributed by atoms with E-state index in [0.717, 1.165) is 0 Å². The van der Waals surface area contributed by atoms with Crippen molar-refractivity contribution >= 4 is 12.3 Å². The maximum absolute atomic E-state index is 11.4. The van der Waals surface area contributed by atoms with Gasteiger partial charge < -0.3 is 9.47 Å². The summed E-state index contributed by atoms with van der Waals surface area (Å²) in [5.41, 5.74) is 0.782. The van der Waals surface area contributed by atoms with Gasteiger partial charge in [0, 0.05) is 5.56 Å². The van der Waals surface area contributed by atoms with E-state index in [1.165, 1.54) is 19.2 Å². The molecular weight excluding hydrogens is 196 g/mol. The van der Waals surface area contributed by atoms with Crippen LogP contribution in [-0.4, -0.2) is 26.0 Å². The summed E-state index contributed by atoms with van der Waals surface area (Å²) >= 11 is 0. The Kier molecular flexibility index (Phi) is 3.85. The number of hydrogen-bond acceptors (Lipinski definition) is 4. The number of ether oxygens (including phenoxy) is 2. The SMILES string of the molecule is CCOC(=O)c1ccc(C=O)cc1OC. The van der Waals surface area contributed by atoms with Gasteiger partial charge in [-0.3, -0.25) is 4.79 Å². The summed E-state index contributed by atoms with van der Waals surface area (Å²) in [4.78, 5) is 21.9. The fourth-order valence-corrected chi connectivity index (χ4v) is 1.16. The Morgan fingerprint density at radius 3 is 2.73 bits per heavy atom. The Labute approximate surface area is 87.8 Å². The fraction of sp³-hybridized carbons (Fsp3) is 0.273. The lowest BCUT2D eigenvalue weighted by Crippen LogP contribution is -2.07. The van der Waals surface area contributed by atoms with Crippen molar-refractivity contribution in [3.63, 3.8) is 0 Å². The highest BCUT2D eigenvalue weighted by atomic mass is 16.5. The number of methoxy groups -OCH3 is 1. The lowest BCUT2D eigenvalue weighted by molar-refractivity contribution is 0.0522. The van der Waals surface area contributed by atoms with Crippen LogP contribution in [0.3, 0.4) is 0 Å². The third-order valence-corrected chi connectivity index (χ3v) is 1.86. The molecule has 0 amide bonds. The van der Waals surface area contributed by atoms with Crippen molar-refractivity contribution in [2.75, 3.05) is 13.7 Å². The van der Waals surface area contributed by atoms with Crippen molar-refractivity contribution in [1.29, 1.82) is 0 Å². The summed E-state index contributed by atoms with van der Waals surface area (Å²) < 4.78 is 9.83. The molecule has 0 radical (unpaired) electrons. The standard InChI is InChI=1S/C11H12O4/c1-3-15-11(13)9-5-4-8(7-12)6-10(9)14-2/h4-7H,3H2,1-2H3. The summed E-state index contributed by atoms with van der Waals surface area (Å²) in [7, 11) is 1.44. The predicted octanol–water partition coefficient (Wildman–Crippen LogP) is 1.68. The highest BCUT2D eigenvalue weighted by Crippen LogP contribution is 2.20. The van der Waals surface area contributed by atoms with Gasteiger partial charge in [0.05, 0.1) is 13.7 Å². The van der Waals surface area contributed by atoms with Crippen molar-refractivity contribution in [1.82, 2.24) is 0 Å². The monoisotopic (exact) mass is 208 g/mol. The molecule has 0 aliphatic heterocycles. The van der Waals surface area contributed by atoms with Crippen molar-refractivity contribution in [2.24, 2.45) is 0 Å². The first-order valence-corrected chi connectivity index (χ1v) is 4.53. The average Bonchev–Trinajstić information content (AvgIpc) is 2.28. The number of aldehydes is 1. The molecule has 4 heteroatoms. The zero-order valence-electron chi connectivity index (χ0n) is 8.65. The van der Waals surface area contributed by atoms with Crippen LogP contribution in [0.1, 0.15) is 27.6 Å². The van der Waals surface area contributed by atoms with Crippen LogP contribution < -0.4 is 4.74 Å². The third kappa shape index (κ3) is 2.56. The van der Waals surface area contributed by atoms with Gasteiger partial charge in [-0.15, -0.1) is 0 Å². The largest absolute Gasteiger partial charge is 0.496 e. The number of carbonyl (C=O) groups excluding carboxylic acids is 2. The minimum absolute atomic E-state index is 0.303. The van der Waals surface area contributed by atoms with Gasteiger partial charge in [0.15, 0.2) is 0 Å². The molecule has 0 aliphatic rings. The van der Waals surface area contributed by atoms with E-state index in [1.54, 1.807) is 13.0 Å². The second-order valence-corrected chi connectivity index (χ2v) is 2.80. The van der Waals surface area contributed by atoms with Crippen molar-refractivity contribution in [3.05, 3.63) is 29.3 Å². The minimum atomic E-state index is -0.452. The number of hydrogen-bond donors (Lipinski definition) is 0. The van der Waals surface area contributed by atoms with Crippen LogP contribution in [0.5, 0.6) is 5.75 Å². The lowest BCUT2D eigenvalue weighted by Gasteiger charge is -2.07. The molecule has 0 heterocycles. The highest BCUT2D eigenvalue weighted by Gasteiger charge is 2.13. The first kappa shape index (κ1) is 11.2. The molecule has 0 saturated carbocycles. The highest BCUT2D eigenvalue weighted by molar-refractivity contribution is 5.93. The van der Waals surface area contributed by atoms with Gasteiger partial charge in [-0.1, -0.05) is 6.07 Å². The molecule has 80 valence electrons. The van der Waals surface area contributed by atoms with Gasteiger partial charge in [-0.25, -0.2) is 4.79 Å². The first-order valence-electron chi connectivity index (χ1n) is 4.53. The van der Waals surface area contributed by atoms with E-state index in [2.05, 4.69) is 0 Å². The molecule has 1 aromatic rings. The van der Waals surface area contributed by atoms with E-state index in [0.29, 0.717) is 29.8 Å². The van der Waals surface area contributed by atoms with E-state index in [4.69, 9.17) is 9.47 Å². The molecule has 0 fully saturated rings. The summed E-state index contributed by atoms with van der Waals surface area (Å²) in [6.07, 6.45) is 0.692. The van der Waals surface area contributed by atoms with E-state index in [9.17, 15) is 9.59 Å². The molecule has 0 atom stereocenters. The lowest BCUT2D eigenvalue weighted by atomic mass is 10.1. The Bertz CT molecular complexity index is 371. The molecule has 1 rings (SSSR count). The zero-order valence-corrected chi connectivity index (χ0v) is 8.65. The molecule has 0 N–H and O–H groups in total. The Hall–Kier alpha value is -1.84. The van der Waals surface area contributed by atoms with Gasteiger partial charge in [0.1, 0.15) is 17.6 Å². The van der Waals surface area contributed by atoms with Crippen LogP contribution >= 0.6 is 0 Å². The summed E-state index contributed by atoms with van der Waals surface area (Å²) in [6, 6.07) is 4.56. The quantitative estimate of drug-likeness (QED) is 0.558. The van der Waals surface area contributed by atoms with Gasteiger partial charge in [-0.05, 0) is 19.1 Å². The van der Waals surface area contributed by atoms with Crippen molar-refractivity contribution in [2.45, 2.75) is 6.92 Å². The molecule has 0 aromatic heterocycles. The normalized spacial score (nSPS) is 9.47. The predicted molar refractivity (Wildman–Crippen MR) is 54.3 cm³/mol. The van der Waals surface area contributed by atoms with Crippen molar-refractivity contribution in [3.8, 4) is 5.75 Å². The average molecular weight is 208 g/mol. The molecule has 1 aromatic carbocycles. The number of rotatable bonds is 4. The summed E-state index contributed by atoms with van der Waals surface area (Å²) in [6.45, 7) is 2.03. The summed E-state index contributed by atoms with van der Waals surface area (Å²) in [5, 5.41) is 0. The maximum Gasteiger partial charge on any atom is 0.341 e. The molecular formula is C11H12O4. The Balaban J connectivity index is 3.07. The van der Waals surface area contributed by atoms with Gasteiger partial charge in [-0.2, -0.15) is 0 Å². The van der Waals surface area contributed by atoms with Crippen LogP contribution in [0, 0.1) is 0 Å². The Morgan fingerprint density at radius 2 is 2.20 bits per heavy atom. The maximum atomic E-state index is 11.4. The molecule has 0 bridgehead atoms. The molecule has 4 nitrogen and oxygen atoms in total. The van der Waals surface area contributed by atoms with Crippen LogP contribution in [0.15, 0.2) is 18.2 Å². The Morgan fingerprint density at radius 1 is 1.47 bits per heavy atom. The fourth-order valence-electron chi connectivity index (χ4n) is 1.16. The van der Waals surface area contributed by atoms with Gasteiger partial charge >= 0.3 is 5.97 Å². The van der Waals surface area contributed by atoms with Crippen LogP contribution in [0.4, 0.5) is 0 Å². The van der Waals surface area contributed by atoms with Crippen LogP contribution in [-0.2, 0) is 4.74 Å². The van der Waals surface area contributed by atoms with E-state index >= 15 is 0 Å². The molecule has 0 spiro atoms. The molecule has 15 heavy (non-hydrogen) atoms. The van der Waals surface area contributed by atoms with E-state index < -0.39 is 5.97 Å². The smallest absolute Gasteiger partial charge is 0.341 e. The van der Waals surface area contributed by atoms with Gasteiger partial charge in [0.25, 0.3) is 0 Å². The topological polar surface area (TPSA) is 52.6 Å². The second kappa shape index (κ2) is 5.14. The zero-order chi connectivity index (χ0) is 11.3. The minimum Gasteiger partial charge on any atom is -0.496 e. The molecule has 0 aliphatic carbocycles. The van der Waals surface area contributed by atoms with Crippen molar-refractivity contribution < 1.29 is 19.1 Å². The number of carbonyl (C=O) groups is 2. The van der Waals surface area contributed by atoms with E-state index in [1.807, 2.05) is 0 Å². The third-order valence-electron chi connectivity index (χ3n) is 1.86. The van der Waals surface area contributed by atoms with Crippen LogP contribution in [0.2, 0.25) is 0 Å². The number of benzene rings is 1. The van der Waals surface area contributed by atoms with E-state index in [-0.39, 0.29) is 0 Å². The van der Waals surface area contributed by atoms with Crippen LogP contribution in [0.25, 0.3) is 0 Å². The number of esters is 1. The first-order chi connectivity index (χ1) is 7.22. The second-order valence-electron chi connectivity index (χ2n) is 2.80. The molecule has 0 saturated heterocycles. The van der Waals surface area contributed by atoms with Gasteiger partial charge in [0.2, 0.25) is 0 Å².